The number of aromatic nitrogens is 2. The Morgan fingerprint density at radius 3 is 2.67 bits per heavy atom. The number of nitrogens with zero attached hydrogens (tertiary/aromatic N) is 3. The summed E-state index contributed by atoms with van der Waals surface area (Å²) in [4.78, 5) is 14.4. The van der Waals surface area contributed by atoms with Crippen molar-refractivity contribution in [1.82, 2.24) is 14.7 Å². The Morgan fingerprint density at radius 2 is 2.04 bits per heavy atom. The average Bonchev–Trinajstić information content (AvgIpc) is 2.84. The van der Waals surface area contributed by atoms with E-state index in [1.165, 1.54) is 0 Å². The van der Waals surface area contributed by atoms with Crippen molar-refractivity contribution in [2.45, 2.75) is 13.0 Å². The zero-order chi connectivity index (χ0) is 17.4. The molecule has 1 aromatic carbocycles. The van der Waals surface area contributed by atoms with Crippen molar-refractivity contribution in [3.8, 4) is 0 Å². The summed E-state index contributed by atoms with van der Waals surface area (Å²) in [6.45, 7) is 3.15. The van der Waals surface area contributed by atoms with Crippen molar-refractivity contribution >= 4 is 40.7 Å². The second-order valence-electron chi connectivity index (χ2n) is 5.66. The van der Waals surface area contributed by atoms with Gasteiger partial charge in [-0.05, 0) is 24.6 Å². The van der Waals surface area contributed by atoms with Crippen molar-refractivity contribution < 1.29 is 9.53 Å². The highest BCUT2D eigenvalue weighted by molar-refractivity contribution is 6.42. The van der Waals surface area contributed by atoms with Crippen LogP contribution in [0.1, 0.15) is 27.8 Å². The van der Waals surface area contributed by atoms with Gasteiger partial charge in [0.15, 0.2) is 5.69 Å². The number of hydrogen-bond acceptors (Lipinski definition) is 3. The molecule has 5 nitrogen and oxygen atoms in total. The van der Waals surface area contributed by atoms with Crippen LogP contribution in [0, 0.1) is 6.92 Å². The molecule has 2 heterocycles. The molecule has 128 valence electrons. The number of morpholine rings is 1. The number of amides is 1. The molecule has 0 spiro atoms. The van der Waals surface area contributed by atoms with Gasteiger partial charge in [-0.1, -0.05) is 40.9 Å². The summed E-state index contributed by atoms with van der Waals surface area (Å²) < 4.78 is 7.38. The van der Waals surface area contributed by atoms with Crippen molar-refractivity contribution in [3.05, 3.63) is 50.2 Å². The normalized spacial score (nSPS) is 18.0. The second kappa shape index (κ2) is 6.92. The van der Waals surface area contributed by atoms with Gasteiger partial charge in [-0.2, -0.15) is 5.10 Å². The highest BCUT2D eigenvalue weighted by atomic mass is 35.5. The minimum Gasteiger partial charge on any atom is -0.370 e. The Hall–Kier alpha value is -1.27. The van der Waals surface area contributed by atoms with Gasteiger partial charge in [0.2, 0.25) is 0 Å². The van der Waals surface area contributed by atoms with E-state index in [1.807, 2.05) is 13.0 Å². The number of halogens is 3. The first kappa shape index (κ1) is 17.5. The molecule has 1 aromatic heterocycles. The molecule has 3 rings (SSSR count). The first-order chi connectivity index (χ1) is 11.4. The number of carbonyl (C=O) groups excluding carboxylic acids is 1. The van der Waals surface area contributed by atoms with Crippen LogP contribution in [0.15, 0.2) is 18.2 Å². The highest BCUT2D eigenvalue weighted by Gasteiger charge is 2.29. The maximum atomic E-state index is 12.7. The van der Waals surface area contributed by atoms with Gasteiger partial charge >= 0.3 is 0 Å². The van der Waals surface area contributed by atoms with Gasteiger partial charge in [-0.15, -0.1) is 0 Å². The molecule has 1 amide bonds. The molecule has 1 saturated heterocycles. The molecule has 0 aliphatic carbocycles. The third-order valence-electron chi connectivity index (χ3n) is 4.13. The van der Waals surface area contributed by atoms with Gasteiger partial charge in [0.25, 0.3) is 5.91 Å². The number of rotatable bonds is 2. The summed E-state index contributed by atoms with van der Waals surface area (Å²) in [5.74, 6) is -0.197. The maximum Gasteiger partial charge on any atom is 0.276 e. The molecule has 1 atom stereocenters. The van der Waals surface area contributed by atoms with E-state index in [2.05, 4.69) is 5.10 Å². The van der Waals surface area contributed by atoms with Crippen molar-refractivity contribution in [2.75, 3.05) is 19.7 Å². The van der Waals surface area contributed by atoms with Crippen molar-refractivity contribution in [3.63, 3.8) is 0 Å². The quantitative estimate of drug-likeness (QED) is 0.784. The van der Waals surface area contributed by atoms with E-state index in [4.69, 9.17) is 39.5 Å². The third kappa shape index (κ3) is 3.26. The number of ether oxygens (including phenoxy) is 1. The fraction of sp³-hybridized carbons (Fsp3) is 0.375. The van der Waals surface area contributed by atoms with E-state index in [-0.39, 0.29) is 17.7 Å². The van der Waals surface area contributed by atoms with Crippen LogP contribution in [0.5, 0.6) is 0 Å². The Kier molecular flexibility index (Phi) is 5.06. The van der Waals surface area contributed by atoms with E-state index in [9.17, 15) is 4.79 Å². The lowest BCUT2D eigenvalue weighted by molar-refractivity contribution is -0.0230. The topological polar surface area (TPSA) is 47.4 Å². The predicted molar refractivity (Wildman–Crippen MR) is 94.0 cm³/mol. The van der Waals surface area contributed by atoms with Crippen LogP contribution in [0.3, 0.4) is 0 Å². The van der Waals surface area contributed by atoms with E-state index in [0.29, 0.717) is 34.8 Å². The first-order valence-electron chi connectivity index (χ1n) is 7.43. The molecule has 1 fully saturated rings. The fourth-order valence-electron chi connectivity index (χ4n) is 2.62. The summed E-state index contributed by atoms with van der Waals surface area (Å²) in [5, 5.41) is 5.56. The highest BCUT2D eigenvalue weighted by Crippen LogP contribution is 2.30. The molecule has 1 aliphatic rings. The molecule has 8 heteroatoms. The zero-order valence-corrected chi connectivity index (χ0v) is 15.5. The largest absolute Gasteiger partial charge is 0.370 e. The average molecular weight is 389 g/mol. The van der Waals surface area contributed by atoms with Crippen LogP contribution < -0.4 is 0 Å². The standard InChI is InChI=1S/C16H16Cl3N3O2/c1-9-14(19)15(20-21(9)2)16(23)22-5-6-24-13(8-22)10-3-4-11(17)12(18)7-10/h3-4,7,13H,5-6,8H2,1-2H3/t13-/m1/s1. The van der Waals surface area contributed by atoms with Gasteiger partial charge < -0.3 is 9.64 Å². The third-order valence-corrected chi connectivity index (χ3v) is 5.32. The van der Waals surface area contributed by atoms with E-state index < -0.39 is 0 Å². The lowest BCUT2D eigenvalue weighted by Gasteiger charge is -2.33. The van der Waals surface area contributed by atoms with Crippen LogP contribution in [-0.2, 0) is 11.8 Å². The van der Waals surface area contributed by atoms with Gasteiger partial charge in [-0.25, -0.2) is 0 Å². The number of hydrogen-bond donors (Lipinski definition) is 0. The second-order valence-corrected chi connectivity index (χ2v) is 6.85. The Morgan fingerprint density at radius 1 is 1.29 bits per heavy atom. The molecule has 1 aliphatic heterocycles. The van der Waals surface area contributed by atoms with Crippen LogP contribution in [0.2, 0.25) is 15.1 Å². The Bertz CT molecular complexity index is 791. The predicted octanol–water partition coefficient (Wildman–Crippen LogP) is 3.90. The lowest BCUT2D eigenvalue weighted by atomic mass is 10.1. The van der Waals surface area contributed by atoms with Gasteiger partial charge in [0, 0.05) is 13.6 Å². The molecule has 0 unspecified atom stereocenters. The first-order valence-corrected chi connectivity index (χ1v) is 8.56. The van der Waals surface area contributed by atoms with Crippen LogP contribution in [-0.4, -0.2) is 40.3 Å². The van der Waals surface area contributed by atoms with Crippen molar-refractivity contribution in [1.29, 1.82) is 0 Å². The molecule has 2 aromatic rings. The van der Waals surface area contributed by atoms with E-state index in [0.717, 1.165) is 11.3 Å². The number of benzene rings is 1. The number of carbonyl (C=O) groups is 1. The minimum atomic E-state index is -0.263. The molecule has 24 heavy (non-hydrogen) atoms. The van der Waals surface area contributed by atoms with Crippen LogP contribution >= 0.6 is 34.8 Å². The molecule has 0 bridgehead atoms. The lowest BCUT2D eigenvalue weighted by Crippen LogP contribution is -2.42. The summed E-state index contributed by atoms with van der Waals surface area (Å²) >= 11 is 18.2. The maximum absolute atomic E-state index is 12.7. The molecular formula is C16H16Cl3N3O2. The monoisotopic (exact) mass is 387 g/mol. The molecule has 0 N–H and O–H groups in total. The summed E-state index contributed by atoms with van der Waals surface area (Å²) in [5.41, 5.74) is 1.91. The van der Waals surface area contributed by atoms with Crippen molar-refractivity contribution in [2.24, 2.45) is 7.05 Å². The minimum absolute atomic E-state index is 0.197. The smallest absolute Gasteiger partial charge is 0.276 e. The molecule has 0 radical (unpaired) electrons. The summed E-state index contributed by atoms with van der Waals surface area (Å²) in [6, 6.07) is 5.34. The van der Waals surface area contributed by atoms with Crippen LogP contribution in [0.4, 0.5) is 0 Å². The molecule has 0 saturated carbocycles. The van der Waals surface area contributed by atoms with E-state index in [1.54, 1.807) is 28.8 Å². The Balaban J connectivity index is 1.81. The van der Waals surface area contributed by atoms with Gasteiger partial charge in [0.05, 0.1) is 33.9 Å². The summed E-state index contributed by atoms with van der Waals surface area (Å²) in [7, 11) is 1.76. The fourth-order valence-corrected chi connectivity index (χ4v) is 3.16. The SMILES string of the molecule is Cc1c(Cl)c(C(=O)N2CCO[C@@H](c3ccc(Cl)c(Cl)c3)C2)nn1C. The van der Waals surface area contributed by atoms with E-state index >= 15 is 0 Å². The Labute approximate surface area is 155 Å². The van der Waals surface area contributed by atoms with Crippen LogP contribution in [0.25, 0.3) is 0 Å². The van der Waals surface area contributed by atoms with Gasteiger partial charge in [0.1, 0.15) is 6.10 Å². The number of aryl methyl sites for hydroxylation is 1. The summed E-state index contributed by atoms with van der Waals surface area (Å²) in [6.07, 6.45) is -0.263. The van der Waals surface area contributed by atoms with Gasteiger partial charge in [-0.3, -0.25) is 9.48 Å². The molecular weight excluding hydrogens is 373 g/mol. The zero-order valence-electron chi connectivity index (χ0n) is 13.2.